The number of nitrogens with zero attached hydrogens (tertiary/aromatic N) is 2. The molecule has 24 heavy (non-hydrogen) atoms. The smallest absolute Gasteiger partial charge is 0.147 e. The highest BCUT2D eigenvalue weighted by Gasteiger charge is 2.14. The maximum absolute atomic E-state index is 5.99. The third-order valence-corrected chi connectivity index (χ3v) is 4.27. The van der Waals surface area contributed by atoms with E-state index < -0.39 is 0 Å². The van der Waals surface area contributed by atoms with E-state index in [-0.39, 0.29) is 5.41 Å². The van der Waals surface area contributed by atoms with Gasteiger partial charge in [0.05, 0.1) is 11.0 Å². The third-order valence-electron chi connectivity index (χ3n) is 4.27. The Labute approximate surface area is 144 Å². The van der Waals surface area contributed by atoms with Crippen molar-refractivity contribution >= 4 is 11.0 Å². The van der Waals surface area contributed by atoms with Gasteiger partial charge >= 0.3 is 0 Å². The van der Waals surface area contributed by atoms with Crippen LogP contribution in [-0.4, -0.2) is 9.55 Å². The summed E-state index contributed by atoms with van der Waals surface area (Å²) < 4.78 is 8.26. The predicted molar refractivity (Wildman–Crippen MR) is 99.5 cm³/mol. The standard InChI is InChI=1S/C21H26N2O/c1-5-14-23-19-9-7-6-8-18(19)22-20(23)15-24-17-12-10-16(11-13-17)21(2,3)4/h6-13H,5,14-15H2,1-4H3. The summed E-state index contributed by atoms with van der Waals surface area (Å²) in [4.78, 5) is 4.74. The van der Waals surface area contributed by atoms with Crippen molar-refractivity contribution in [3.63, 3.8) is 0 Å². The fourth-order valence-corrected chi connectivity index (χ4v) is 2.91. The Morgan fingerprint density at radius 3 is 2.38 bits per heavy atom. The third kappa shape index (κ3) is 3.45. The molecule has 0 aliphatic rings. The first-order valence-electron chi connectivity index (χ1n) is 8.66. The van der Waals surface area contributed by atoms with Crippen molar-refractivity contribution in [2.45, 2.75) is 52.7 Å². The first-order chi connectivity index (χ1) is 11.5. The Morgan fingerprint density at radius 1 is 1.00 bits per heavy atom. The highest BCUT2D eigenvalue weighted by Crippen LogP contribution is 2.25. The molecular weight excluding hydrogens is 296 g/mol. The summed E-state index contributed by atoms with van der Waals surface area (Å²) in [5.41, 5.74) is 3.69. The molecule has 1 aromatic heterocycles. The maximum Gasteiger partial charge on any atom is 0.147 e. The lowest BCUT2D eigenvalue weighted by molar-refractivity contribution is 0.290. The van der Waals surface area contributed by atoms with Crippen molar-refractivity contribution in [2.75, 3.05) is 0 Å². The van der Waals surface area contributed by atoms with E-state index in [1.54, 1.807) is 0 Å². The van der Waals surface area contributed by atoms with Gasteiger partial charge in [0.2, 0.25) is 0 Å². The van der Waals surface area contributed by atoms with Crippen LogP contribution in [0.3, 0.4) is 0 Å². The van der Waals surface area contributed by atoms with Crippen LogP contribution in [0.15, 0.2) is 48.5 Å². The van der Waals surface area contributed by atoms with Crippen molar-refractivity contribution in [1.29, 1.82) is 0 Å². The Kier molecular flexibility index (Phi) is 4.61. The topological polar surface area (TPSA) is 27.1 Å². The number of ether oxygens (including phenoxy) is 1. The van der Waals surface area contributed by atoms with Crippen LogP contribution in [0.4, 0.5) is 0 Å². The van der Waals surface area contributed by atoms with Gasteiger partial charge in [-0.25, -0.2) is 4.98 Å². The summed E-state index contributed by atoms with van der Waals surface area (Å²) in [7, 11) is 0. The van der Waals surface area contributed by atoms with Gasteiger partial charge in [-0.15, -0.1) is 0 Å². The van der Waals surface area contributed by atoms with Gasteiger partial charge in [-0.05, 0) is 41.7 Å². The normalized spacial score (nSPS) is 11.8. The van der Waals surface area contributed by atoms with Crippen molar-refractivity contribution in [1.82, 2.24) is 9.55 Å². The van der Waals surface area contributed by atoms with Crippen LogP contribution in [0.5, 0.6) is 5.75 Å². The average Bonchev–Trinajstić information content (AvgIpc) is 2.91. The molecule has 0 unspecified atom stereocenters. The van der Waals surface area contributed by atoms with Gasteiger partial charge in [0.25, 0.3) is 0 Å². The molecule has 126 valence electrons. The van der Waals surface area contributed by atoms with Gasteiger partial charge < -0.3 is 9.30 Å². The summed E-state index contributed by atoms with van der Waals surface area (Å²) in [5, 5.41) is 0. The molecule has 0 aliphatic carbocycles. The molecule has 3 heteroatoms. The molecule has 3 rings (SSSR count). The number of hydrogen-bond donors (Lipinski definition) is 0. The lowest BCUT2D eigenvalue weighted by Gasteiger charge is -2.19. The quantitative estimate of drug-likeness (QED) is 0.635. The molecule has 3 aromatic rings. The summed E-state index contributed by atoms with van der Waals surface area (Å²) in [6, 6.07) is 16.7. The molecule has 3 nitrogen and oxygen atoms in total. The van der Waals surface area contributed by atoms with Gasteiger partial charge in [0, 0.05) is 6.54 Å². The van der Waals surface area contributed by atoms with E-state index in [2.05, 4.69) is 62.6 Å². The van der Waals surface area contributed by atoms with E-state index >= 15 is 0 Å². The largest absolute Gasteiger partial charge is 0.486 e. The number of para-hydroxylation sites is 2. The fraction of sp³-hybridized carbons (Fsp3) is 0.381. The van der Waals surface area contributed by atoms with Crippen LogP contribution >= 0.6 is 0 Å². The van der Waals surface area contributed by atoms with E-state index in [0.717, 1.165) is 30.1 Å². The van der Waals surface area contributed by atoms with Crippen LogP contribution in [0.2, 0.25) is 0 Å². The van der Waals surface area contributed by atoms with Crippen molar-refractivity contribution in [3.8, 4) is 5.75 Å². The van der Waals surface area contributed by atoms with Gasteiger partial charge in [0.15, 0.2) is 0 Å². The predicted octanol–water partition coefficient (Wildman–Crippen LogP) is 5.32. The fourth-order valence-electron chi connectivity index (χ4n) is 2.91. The molecule has 0 spiro atoms. The van der Waals surface area contributed by atoms with Crippen molar-refractivity contribution < 1.29 is 4.74 Å². The molecule has 0 saturated heterocycles. The summed E-state index contributed by atoms with van der Waals surface area (Å²) in [6.07, 6.45) is 1.08. The first kappa shape index (κ1) is 16.6. The van der Waals surface area contributed by atoms with Crippen LogP contribution in [-0.2, 0) is 18.6 Å². The average molecular weight is 322 g/mol. The number of benzene rings is 2. The van der Waals surface area contributed by atoms with Crippen LogP contribution in [0.1, 0.15) is 45.5 Å². The zero-order chi connectivity index (χ0) is 17.2. The summed E-state index contributed by atoms with van der Waals surface area (Å²) >= 11 is 0. The van der Waals surface area contributed by atoms with Gasteiger partial charge in [-0.2, -0.15) is 0 Å². The van der Waals surface area contributed by atoms with E-state index in [4.69, 9.17) is 9.72 Å². The number of fused-ring (bicyclic) bond motifs is 1. The molecule has 0 fully saturated rings. The molecule has 0 radical (unpaired) electrons. The van der Waals surface area contributed by atoms with E-state index in [0.29, 0.717) is 6.61 Å². The SMILES string of the molecule is CCCn1c(COc2ccc(C(C)(C)C)cc2)nc2ccccc21. The number of aromatic nitrogens is 2. The highest BCUT2D eigenvalue weighted by atomic mass is 16.5. The molecule has 0 bridgehead atoms. The van der Waals surface area contributed by atoms with E-state index in [1.165, 1.54) is 11.1 Å². The molecule has 0 aliphatic heterocycles. The Hall–Kier alpha value is -2.29. The minimum absolute atomic E-state index is 0.160. The van der Waals surface area contributed by atoms with Crippen LogP contribution < -0.4 is 4.74 Å². The highest BCUT2D eigenvalue weighted by molar-refractivity contribution is 5.75. The lowest BCUT2D eigenvalue weighted by Crippen LogP contribution is -2.11. The number of imidazole rings is 1. The molecular formula is C21H26N2O. The molecule has 0 amide bonds. The second-order valence-electron chi connectivity index (χ2n) is 7.23. The van der Waals surface area contributed by atoms with Crippen LogP contribution in [0, 0.1) is 0 Å². The maximum atomic E-state index is 5.99. The molecule has 1 heterocycles. The Balaban J connectivity index is 1.79. The van der Waals surface area contributed by atoms with Gasteiger partial charge in [0.1, 0.15) is 18.2 Å². The van der Waals surface area contributed by atoms with Crippen molar-refractivity contribution in [2.24, 2.45) is 0 Å². The van der Waals surface area contributed by atoms with E-state index in [9.17, 15) is 0 Å². The Morgan fingerprint density at radius 2 is 1.71 bits per heavy atom. The summed E-state index contributed by atoms with van der Waals surface area (Å²) in [6.45, 7) is 10.3. The zero-order valence-corrected chi connectivity index (χ0v) is 15.0. The minimum atomic E-state index is 0.160. The van der Waals surface area contributed by atoms with Crippen LogP contribution in [0.25, 0.3) is 11.0 Å². The monoisotopic (exact) mass is 322 g/mol. The first-order valence-corrected chi connectivity index (χ1v) is 8.66. The van der Waals surface area contributed by atoms with Crippen molar-refractivity contribution in [3.05, 3.63) is 59.9 Å². The Bertz CT molecular complexity index is 810. The molecule has 0 N–H and O–H groups in total. The lowest BCUT2D eigenvalue weighted by atomic mass is 9.87. The summed E-state index contributed by atoms with van der Waals surface area (Å²) in [5.74, 6) is 1.87. The minimum Gasteiger partial charge on any atom is -0.486 e. The van der Waals surface area contributed by atoms with E-state index in [1.807, 2.05) is 18.2 Å². The molecule has 0 atom stereocenters. The molecule has 2 aromatic carbocycles. The van der Waals surface area contributed by atoms with Gasteiger partial charge in [-0.3, -0.25) is 0 Å². The second-order valence-corrected chi connectivity index (χ2v) is 7.23. The second kappa shape index (κ2) is 6.68. The molecule has 0 saturated carbocycles. The zero-order valence-electron chi connectivity index (χ0n) is 15.0. The number of hydrogen-bond acceptors (Lipinski definition) is 2. The van der Waals surface area contributed by atoms with Gasteiger partial charge in [-0.1, -0.05) is 52.0 Å². The number of aryl methyl sites for hydroxylation is 1. The number of rotatable bonds is 5.